The molecule has 0 bridgehead atoms. The maximum absolute atomic E-state index is 11.8. The average molecular weight is 269 g/mol. The molecule has 0 aliphatic carbocycles. The zero-order valence-electron chi connectivity index (χ0n) is 11.2. The van der Waals surface area contributed by atoms with E-state index in [4.69, 9.17) is 11.6 Å². The van der Waals surface area contributed by atoms with E-state index >= 15 is 0 Å². The number of hydrogen-bond donors (Lipinski definition) is 2. The molecule has 1 rings (SSSR count). The number of benzene rings is 1. The van der Waals surface area contributed by atoms with Crippen molar-refractivity contribution >= 4 is 17.5 Å². The van der Waals surface area contributed by atoms with Crippen molar-refractivity contribution in [2.45, 2.75) is 26.3 Å². The number of nitrogens with one attached hydrogen (secondary N) is 2. The lowest BCUT2D eigenvalue weighted by Gasteiger charge is -2.17. The van der Waals surface area contributed by atoms with Crippen LogP contribution in [0.3, 0.4) is 0 Å². The monoisotopic (exact) mass is 268 g/mol. The van der Waals surface area contributed by atoms with E-state index in [0.29, 0.717) is 6.54 Å². The summed E-state index contributed by atoms with van der Waals surface area (Å²) < 4.78 is 0. The molecule has 2 atom stereocenters. The topological polar surface area (TPSA) is 41.1 Å². The van der Waals surface area contributed by atoms with Crippen molar-refractivity contribution in [3.8, 4) is 0 Å². The highest BCUT2D eigenvalue weighted by Gasteiger charge is 2.14. The SMILES string of the molecule is CNCC(C)C(=O)NC(C)Cc1cccc(Cl)c1. The first-order valence-electron chi connectivity index (χ1n) is 6.22. The molecule has 0 saturated carbocycles. The predicted octanol–water partition coefficient (Wildman–Crippen LogP) is 2.24. The van der Waals surface area contributed by atoms with Gasteiger partial charge in [-0.05, 0) is 38.1 Å². The number of rotatable bonds is 6. The highest BCUT2D eigenvalue weighted by atomic mass is 35.5. The van der Waals surface area contributed by atoms with Crippen LogP contribution in [0.15, 0.2) is 24.3 Å². The summed E-state index contributed by atoms with van der Waals surface area (Å²) >= 11 is 5.93. The molecule has 1 amide bonds. The van der Waals surface area contributed by atoms with Crippen LogP contribution in [0.5, 0.6) is 0 Å². The van der Waals surface area contributed by atoms with Gasteiger partial charge in [-0.3, -0.25) is 4.79 Å². The highest BCUT2D eigenvalue weighted by molar-refractivity contribution is 6.30. The van der Waals surface area contributed by atoms with Gasteiger partial charge < -0.3 is 10.6 Å². The quantitative estimate of drug-likeness (QED) is 0.831. The second-order valence-corrected chi connectivity index (χ2v) is 5.14. The van der Waals surface area contributed by atoms with Gasteiger partial charge in [-0.2, -0.15) is 0 Å². The Morgan fingerprint density at radius 2 is 2.11 bits per heavy atom. The normalized spacial score (nSPS) is 14.0. The fourth-order valence-corrected chi connectivity index (χ4v) is 2.07. The molecule has 1 aromatic rings. The molecule has 3 nitrogen and oxygen atoms in total. The maximum Gasteiger partial charge on any atom is 0.224 e. The van der Waals surface area contributed by atoms with E-state index in [1.165, 1.54) is 0 Å². The second-order valence-electron chi connectivity index (χ2n) is 4.70. The van der Waals surface area contributed by atoms with Crippen molar-refractivity contribution < 1.29 is 4.79 Å². The third-order valence-electron chi connectivity index (χ3n) is 2.78. The Kier molecular flexibility index (Phi) is 6.16. The van der Waals surface area contributed by atoms with Crippen LogP contribution < -0.4 is 10.6 Å². The number of carbonyl (C=O) groups excluding carboxylic acids is 1. The van der Waals surface area contributed by atoms with Gasteiger partial charge in [0.2, 0.25) is 5.91 Å². The van der Waals surface area contributed by atoms with Crippen LogP contribution in [-0.4, -0.2) is 25.5 Å². The Bertz CT molecular complexity index is 395. The molecule has 0 spiro atoms. The van der Waals surface area contributed by atoms with Gasteiger partial charge in [0.25, 0.3) is 0 Å². The molecule has 4 heteroatoms. The molecule has 0 fully saturated rings. The molecular weight excluding hydrogens is 248 g/mol. The Hall–Kier alpha value is -1.06. The summed E-state index contributed by atoms with van der Waals surface area (Å²) in [5, 5.41) is 6.74. The summed E-state index contributed by atoms with van der Waals surface area (Å²) in [4.78, 5) is 11.8. The Morgan fingerprint density at radius 3 is 2.72 bits per heavy atom. The van der Waals surface area contributed by atoms with Crippen LogP contribution in [-0.2, 0) is 11.2 Å². The van der Waals surface area contributed by atoms with Crippen LogP contribution in [0.1, 0.15) is 19.4 Å². The van der Waals surface area contributed by atoms with Crippen molar-refractivity contribution in [3.63, 3.8) is 0 Å². The predicted molar refractivity (Wildman–Crippen MR) is 75.9 cm³/mol. The largest absolute Gasteiger partial charge is 0.353 e. The van der Waals surface area contributed by atoms with Gasteiger partial charge in [0.15, 0.2) is 0 Å². The van der Waals surface area contributed by atoms with Crippen LogP contribution in [0.4, 0.5) is 0 Å². The minimum absolute atomic E-state index is 0.0168. The lowest BCUT2D eigenvalue weighted by molar-refractivity contribution is -0.124. The van der Waals surface area contributed by atoms with Crippen LogP contribution in [0, 0.1) is 5.92 Å². The Balaban J connectivity index is 2.46. The summed E-state index contributed by atoms with van der Waals surface area (Å²) in [5.74, 6) is 0.0655. The molecule has 2 N–H and O–H groups in total. The first kappa shape index (κ1) is 15.0. The van der Waals surface area contributed by atoms with Gasteiger partial charge in [-0.15, -0.1) is 0 Å². The van der Waals surface area contributed by atoms with Crippen LogP contribution >= 0.6 is 11.6 Å². The lowest BCUT2D eigenvalue weighted by atomic mass is 10.1. The number of hydrogen-bond acceptors (Lipinski definition) is 2. The summed E-state index contributed by atoms with van der Waals surface area (Å²) in [7, 11) is 1.85. The minimum atomic E-state index is -0.0168. The maximum atomic E-state index is 11.8. The standard InChI is InChI=1S/C14H21ClN2O/c1-10(9-16-3)14(18)17-11(2)7-12-5-4-6-13(15)8-12/h4-6,8,10-11,16H,7,9H2,1-3H3,(H,17,18). The van der Waals surface area contributed by atoms with Gasteiger partial charge in [-0.25, -0.2) is 0 Å². The van der Waals surface area contributed by atoms with Crippen molar-refractivity contribution in [1.82, 2.24) is 10.6 Å². The van der Waals surface area contributed by atoms with Crippen molar-refractivity contribution in [2.24, 2.45) is 5.92 Å². The van der Waals surface area contributed by atoms with E-state index in [-0.39, 0.29) is 17.9 Å². The van der Waals surface area contributed by atoms with Gasteiger partial charge in [0, 0.05) is 23.5 Å². The molecule has 0 radical (unpaired) electrons. The average Bonchev–Trinajstić information content (AvgIpc) is 2.28. The summed E-state index contributed by atoms with van der Waals surface area (Å²) in [6.45, 7) is 4.61. The van der Waals surface area contributed by atoms with Gasteiger partial charge in [0.05, 0.1) is 0 Å². The molecule has 0 aliphatic heterocycles. The van der Waals surface area contributed by atoms with Gasteiger partial charge >= 0.3 is 0 Å². The van der Waals surface area contributed by atoms with Crippen LogP contribution in [0.2, 0.25) is 5.02 Å². The molecule has 2 unspecified atom stereocenters. The molecule has 0 aliphatic rings. The molecule has 0 aromatic heterocycles. The number of carbonyl (C=O) groups is 1. The molecule has 18 heavy (non-hydrogen) atoms. The molecular formula is C14H21ClN2O. The summed E-state index contributed by atoms with van der Waals surface area (Å²) in [5.41, 5.74) is 1.14. The van der Waals surface area contributed by atoms with Crippen molar-refractivity contribution in [1.29, 1.82) is 0 Å². The first-order chi connectivity index (χ1) is 8.52. The zero-order chi connectivity index (χ0) is 13.5. The highest BCUT2D eigenvalue weighted by Crippen LogP contribution is 2.12. The van der Waals surface area contributed by atoms with E-state index in [2.05, 4.69) is 10.6 Å². The first-order valence-corrected chi connectivity index (χ1v) is 6.60. The Labute approximate surface area is 114 Å². The van der Waals surface area contributed by atoms with E-state index < -0.39 is 0 Å². The number of halogens is 1. The zero-order valence-corrected chi connectivity index (χ0v) is 11.9. The third kappa shape index (κ3) is 5.07. The minimum Gasteiger partial charge on any atom is -0.353 e. The lowest BCUT2D eigenvalue weighted by Crippen LogP contribution is -2.40. The van der Waals surface area contributed by atoms with E-state index in [1.54, 1.807) is 0 Å². The van der Waals surface area contributed by atoms with Crippen molar-refractivity contribution in [2.75, 3.05) is 13.6 Å². The van der Waals surface area contributed by atoms with Gasteiger partial charge in [-0.1, -0.05) is 30.7 Å². The van der Waals surface area contributed by atoms with E-state index in [0.717, 1.165) is 17.0 Å². The smallest absolute Gasteiger partial charge is 0.224 e. The third-order valence-corrected chi connectivity index (χ3v) is 3.01. The summed E-state index contributed by atoms with van der Waals surface area (Å²) in [6.07, 6.45) is 0.790. The fraction of sp³-hybridized carbons (Fsp3) is 0.500. The summed E-state index contributed by atoms with van der Waals surface area (Å²) in [6, 6.07) is 7.83. The van der Waals surface area contributed by atoms with Gasteiger partial charge in [0.1, 0.15) is 0 Å². The number of amides is 1. The van der Waals surface area contributed by atoms with Crippen molar-refractivity contribution in [3.05, 3.63) is 34.9 Å². The molecule has 1 aromatic carbocycles. The Morgan fingerprint density at radius 1 is 1.39 bits per heavy atom. The van der Waals surface area contributed by atoms with E-state index in [9.17, 15) is 4.79 Å². The second kappa shape index (κ2) is 7.39. The molecule has 0 heterocycles. The van der Waals surface area contributed by atoms with E-state index in [1.807, 2.05) is 45.2 Å². The molecule has 0 saturated heterocycles. The fourth-order valence-electron chi connectivity index (χ4n) is 1.85. The molecule has 100 valence electrons. The van der Waals surface area contributed by atoms with Crippen LogP contribution in [0.25, 0.3) is 0 Å².